The number of benzene rings is 1. The molecule has 3 nitrogen and oxygen atoms in total. The van der Waals surface area contributed by atoms with Crippen LogP contribution in [-0.2, 0) is 0 Å². The van der Waals surface area contributed by atoms with Crippen LogP contribution >= 0.6 is 0 Å². The van der Waals surface area contributed by atoms with E-state index in [0.717, 1.165) is 6.92 Å². The maximum absolute atomic E-state index is 12.7. The summed E-state index contributed by atoms with van der Waals surface area (Å²) in [4.78, 5) is 9.29. The van der Waals surface area contributed by atoms with Crippen LogP contribution in [0.2, 0.25) is 0 Å². The molecule has 0 bridgehead atoms. The van der Waals surface area contributed by atoms with Gasteiger partial charge in [-0.3, -0.25) is 10.1 Å². The molecule has 16 heavy (non-hydrogen) atoms. The quantitative estimate of drug-likeness (QED) is 0.300. The van der Waals surface area contributed by atoms with Crippen molar-refractivity contribution < 1.29 is 73.6 Å². The normalized spacial score (nSPS) is 10.8. The Morgan fingerprint density at radius 2 is 1.81 bits per heavy atom. The first kappa shape index (κ1) is 16.0. The van der Waals surface area contributed by atoms with Gasteiger partial charge >= 0.3 is 58.4 Å². The van der Waals surface area contributed by atoms with Gasteiger partial charge in [0.05, 0.1) is 11.0 Å². The van der Waals surface area contributed by atoms with E-state index in [9.17, 15) is 27.5 Å². The summed E-state index contributed by atoms with van der Waals surface area (Å²) in [5.41, 5.74) is -2.68. The molecule has 1 aromatic rings. The van der Waals surface area contributed by atoms with Gasteiger partial charge in [0.15, 0.2) is 0 Å². The molecule has 0 saturated carbocycles. The standard InChI is InChI=1S/C7H5BF4NO2.K/c1-4-6(8(10,11)12)2-5(9)3-7(4)13(14)15;/h2-3H,1H3;/q-1;+1. The van der Waals surface area contributed by atoms with E-state index in [-0.39, 0.29) is 57.5 Å². The van der Waals surface area contributed by atoms with Crippen molar-refractivity contribution in [3.63, 3.8) is 0 Å². The SMILES string of the molecule is Cc1c([N+](=O)[O-])cc(F)cc1[B-](F)(F)F.[K+]. The first-order valence-electron chi connectivity index (χ1n) is 3.88. The zero-order chi connectivity index (χ0) is 11.8. The second-order valence-electron chi connectivity index (χ2n) is 2.97. The summed E-state index contributed by atoms with van der Waals surface area (Å²) in [6.45, 7) is -4.49. The fraction of sp³-hybridized carbons (Fsp3) is 0.143. The fourth-order valence-corrected chi connectivity index (χ4v) is 1.21. The molecule has 0 aliphatic carbocycles. The molecule has 0 spiro atoms. The van der Waals surface area contributed by atoms with Gasteiger partial charge in [0.25, 0.3) is 5.69 Å². The van der Waals surface area contributed by atoms with E-state index in [4.69, 9.17) is 0 Å². The van der Waals surface area contributed by atoms with Gasteiger partial charge in [-0.2, -0.15) is 0 Å². The van der Waals surface area contributed by atoms with Gasteiger partial charge in [-0.1, -0.05) is 11.5 Å². The molecule has 0 fully saturated rings. The Balaban J connectivity index is 0.00000225. The number of rotatable bonds is 2. The molecule has 9 heteroatoms. The van der Waals surface area contributed by atoms with Crippen molar-refractivity contribution in [1.82, 2.24) is 0 Å². The molecule has 0 amide bonds. The molecule has 0 aliphatic heterocycles. The van der Waals surface area contributed by atoms with Gasteiger partial charge < -0.3 is 12.9 Å². The Labute approximate surface area is 131 Å². The molecule has 0 atom stereocenters. The molecule has 0 saturated heterocycles. The fourth-order valence-electron chi connectivity index (χ4n) is 1.21. The molecular weight excluding hydrogens is 256 g/mol. The average molecular weight is 261 g/mol. The summed E-state index contributed by atoms with van der Waals surface area (Å²) in [5, 5.41) is 10.3. The van der Waals surface area contributed by atoms with Crippen LogP contribution < -0.4 is 56.8 Å². The average Bonchev–Trinajstić information content (AvgIpc) is 2.06. The van der Waals surface area contributed by atoms with E-state index in [2.05, 4.69) is 0 Å². The Bertz CT molecular complexity index is 424. The summed E-state index contributed by atoms with van der Waals surface area (Å²) in [6.07, 6.45) is 0. The van der Waals surface area contributed by atoms with E-state index in [1.54, 1.807) is 0 Å². The van der Waals surface area contributed by atoms with Crippen LogP contribution in [-0.4, -0.2) is 11.9 Å². The molecular formula is C7H5BF4KNO2. The minimum Gasteiger partial charge on any atom is -0.445 e. The van der Waals surface area contributed by atoms with Gasteiger partial charge in [0.1, 0.15) is 5.82 Å². The van der Waals surface area contributed by atoms with Crippen LogP contribution in [0.3, 0.4) is 0 Å². The van der Waals surface area contributed by atoms with Crippen LogP contribution in [0.1, 0.15) is 5.56 Å². The molecule has 0 aliphatic rings. The van der Waals surface area contributed by atoms with E-state index >= 15 is 0 Å². The van der Waals surface area contributed by atoms with Gasteiger partial charge in [-0.05, 0) is 6.92 Å². The molecule has 0 N–H and O–H groups in total. The van der Waals surface area contributed by atoms with Crippen LogP contribution in [0.15, 0.2) is 12.1 Å². The van der Waals surface area contributed by atoms with E-state index in [1.807, 2.05) is 0 Å². The zero-order valence-electron chi connectivity index (χ0n) is 8.51. The third kappa shape index (κ3) is 3.52. The zero-order valence-corrected chi connectivity index (χ0v) is 11.6. The van der Waals surface area contributed by atoms with Crippen LogP contribution in [0, 0.1) is 22.9 Å². The van der Waals surface area contributed by atoms with Crippen molar-refractivity contribution in [2.24, 2.45) is 0 Å². The smallest absolute Gasteiger partial charge is 0.445 e. The van der Waals surface area contributed by atoms with Crippen LogP contribution in [0.5, 0.6) is 0 Å². The Kier molecular flexibility index (Phi) is 5.60. The molecule has 1 aromatic carbocycles. The molecule has 1 rings (SSSR count). The van der Waals surface area contributed by atoms with Gasteiger partial charge in [0.2, 0.25) is 0 Å². The second kappa shape index (κ2) is 5.59. The molecule has 0 radical (unpaired) electrons. The number of nitrogens with zero attached hydrogens (tertiary/aromatic N) is 1. The molecule has 82 valence electrons. The third-order valence-corrected chi connectivity index (χ3v) is 1.93. The largest absolute Gasteiger partial charge is 1.00 e. The van der Waals surface area contributed by atoms with Crippen molar-refractivity contribution in [2.75, 3.05) is 0 Å². The first-order chi connectivity index (χ1) is 6.73. The number of hydrogen-bond acceptors (Lipinski definition) is 2. The number of hydrogen-bond donors (Lipinski definition) is 0. The second-order valence-corrected chi connectivity index (χ2v) is 2.97. The minimum atomic E-state index is -5.44. The number of nitro groups is 1. The Hall–Kier alpha value is 0.0413. The monoisotopic (exact) mass is 261 g/mol. The predicted octanol–water partition coefficient (Wildman–Crippen LogP) is -0.899. The van der Waals surface area contributed by atoms with Crippen molar-refractivity contribution >= 4 is 18.1 Å². The van der Waals surface area contributed by atoms with Gasteiger partial charge in [-0.25, -0.2) is 4.39 Å². The van der Waals surface area contributed by atoms with Gasteiger partial charge in [-0.15, -0.1) is 0 Å². The van der Waals surface area contributed by atoms with Crippen molar-refractivity contribution in [2.45, 2.75) is 6.92 Å². The Morgan fingerprint density at radius 3 is 2.19 bits per heavy atom. The van der Waals surface area contributed by atoms with Crippen molar-refractivity contribution in [3.8, 4) is 0 Å². The van der Waals surface area contributed by atoms with Gasteiger partial charge in [0, 0.05) is 5.56 Å². The first-order valence-corrected chi connectivity index (χ1v) is 3.88. The molecule has 0 aromatic heterocycles. The van der Waals surface area contributed by atoms with E-state index in [0.29, 0.717) is 6.07 Å². The topological polar surface area (TPSA) is 43.1 Å². The summed E-state index contributed by atoms with van der Waals surface area (Å²) in [6, 6.07) is 0.739. The maximum Gasteiger partial charge on any atom is 1.00 e. The summed E-state index contributed by atoms with van der Waals surface area (Å²) in [7, 11) is 0. The minimum absolute atomic E-state index is 0. The van der Waals surface area contributed by atoms with E-state index < -0.39 is 34.4 Å². The van der Waals surface area contributed by atoms with Crippen molar-refractivity contribution in [1.29, 1.82) is 0 Å². The third-order valence-electron chi connectivity index (χ3n) is 1.93. The summed E-state index contributed by atoms with van der Waals surface area (Å²) >= 11 is 0. The number of nitro benzene ring substituents is 1. The van der Waals surface area contributed by atoms with Crippen LogP contribution in [0.25, 0.3) is 0 Å². The molecule has 0 heterocycles. The number of halogens is 4. The van der Waals surface area contributed by atoms with Crippen LogP contribution in [0.4, 0.5) is 23.0 Å². The van der Waals surface area contributed by atoms with Crippen molar-refractivity contribution in [3.05, 3.63) is 33.6 Å². The maximum atomic E-state index is 12.7. The van der Waals surface area contributed by atoms with E-state index in [1.165, 1.54) is 0 Å². The Morgan fingerprint density at radius 1 is 1.31 bits per heavy atom. The summed E-state index contributed by atoms with van der Waals surface area (Å²) in [5.74, 6) is -1.26. The summed E-state index contributed by atoms with van der Waals surface area (Å²) < 4.78 is 49.7. The predicted molar refractivity (Wildman–Crippen MR) is 46.5 cm³/mol. The molecule has 0 unspecified atom stereocenters.